The summed E-state index contributed by atoms with van der Waals surface area (Å²) in [5.41, 5.74) is 0. The van der Waals surface area contributed by atoms with Gasteiger partial charge in [0.15, 0.2) is 0 Å². The van der Waals surface area contributed by atoms with E-state index in [9.17, 15) is 19.5 Å². The van der Waals surface area contributed by atoms with Gasteiger partial charge in [0.25, 0.3) is 0 Å². The Morgan fingerprint density at radius 1 is 1.05 bits per heavy atom. The first-order chi connectivity index (χ1) is 8.65. The molecule has 0 spiro atoms. The average molecular weight is 274 g/mol. The molecule has 0 rings (SSSR count). The normalized spacial score (nSPS) is 14.1. The molecule has 0 saturated heterocycles. The third kappa shape index (κ3) is 6.79. The molecule has 2 atom stereocenters. The number of esters is 2. The summed E-state index contributed by atoms with van der Waals surface area (Å²) in [4.78, 5) is 34.1. The smallest absolute Gasteiger partial charge is 0.348 e. The van der Waals surface area contributed by atoms with Crippen molar-refractivity contribution in [1.29, 1.82) is 0 Å². The highest BCUT2D eigenvalue weighted by Crippen LogP contribution is 2.20. The molecule has 6 heteroatoms. The van der Waals surface area contributed by atoms with Crippen molar-refractivity contribution in [3.05, 3.63) is 0 Å². The van der Waals surface area contributed by atoms with E-state index in [4.69, 9.17) is 9.47 Å². The van der Waals surface area contributed by atoms with Gasteiger partial charge in [-0.2, -0.15) is 0 Å². The Morgan fingerprint density at radius 2 is 1.58 bits per heavy atom. The number of carboxylic acid groups (broad SMARTS) is 1. The largest absolute Gasteiger partial charge is 0.481 e. The van der Waals surface area contributed by atoms with E-state index in [0.29, 0.717) is 0 Å². The topological polar surface area (TPSA) is 89.9 Å². The number of hydrogen-bond donors (Lipinski definition) is 1. The second-order valence-electron chi connectivity index (χ2n) is 5.09. The van der Waals surface area contributed by atoms with Crippen LogP contribution in [0.5, 0.6) is 0 Å². The molecule has 0 aliphatic heterocycles. The molecule has 0 aliphatic carbocycles. The standard InChI is InChI=1S/C13H22O6/c1-7(2)6-10(12(15)16)11(19-9(5)14)13(17)18-8(3)4/h7-8,10-11H,6H2,1-5H3,(H,15,16)/t10?,11-/m1/s1. The zero-order valence-corrected chi connectivity index (χ0v) is 12.0. The van der Waals surface area contributed by atoms with E-state index in [1.54, 1.807) is 13.8 Å². The summed E-state index contributed by atoms with van der Waals surface area (Å²) in [5, 5.41) is 9.19. The van der Waals surface area contributed by atoms with E-state index in [0.717, 1.165) is 6.92 Å². The molecule has 0 aliphatic rings. The van der Waals surface area contributed by atoms with Gasteiger partial charge in [0, 0.05) is 6.92 Å². The molecule has 19 heavy (non-hydrogen) atoms. The van der Waals surface area contributed by atoms with Crippen LogP contribution in [0.4, 0.5) is 0 Å². The molecule has 0 heterocycles. The predicted octanol–water partition coefficient (Wildman–Crippen LogP) is 1.62. The zero-order valence-electron chi connectivity index (χ0n) is 12.0. The van der Waals surface area contributed by atoms with E-state index in [1.807, 2.05) is 13.8 Å². The minimum Gasteiger partial charge on any atom is -0.481 e. The fraction of sp³-hybridized carbons (Fsp3) is 0.769. The van der Waals surface area contributed by atoms with E-state index >= 15 is 0 Å². The van der Waals surface area contributed by atoms with Crippen molar-refractivity contribution in [2.45, 2.75) is 53.2 Å². The van der Waals surface area contributed by atoms with Crippen LogP contribution in [0.2, 0.25) is 0 Å². The summed E-state index contributed by atoms with van der Waals surface area (Å²) in [6, 6.07) is 0. The Bertz CT molecular complexity index is 334. The third-order valence-corrected chi connectivity index (χ3v) is 2.29. The van der Waals surface area contributed by atoms with Crippen molar-refractivity contribution in [2.24, 2.45) is 11.8 Å². The lowest BCUT2D eigenvalue weighted by molar-refractivity contribution is -0.178. The Morgan fingerprint density at radius 3 is 1.89 bits per heavy atom. The van der Waals surface area contributed by atoms with Crippen LogP contribution in [-0.2, 0) is 23.9 Å². The maximum Gasteiger partial charge on any atom is 0.348 e. The van der Waals surface area contributed by atoms with Crippen LogP contribution in [0.25, 0.3) is 0 Å². The second-order valence-corrected chi connectivity index (χ2v) is 5.09. The number of ether oxygens (including phenoxy) is 2. The van der Waals surface area contributed by atoms with Crippen LogP contribution in [-0.4, -0.2) is 35.2 Å². The van der Waals surface area contributed by atoms with Crippen molar-refractivity contribution in [3.63, 3.8) is 0 Å². The van der Waals surface area contributed by atoms with Gasteiger partial charge < -0.3 is 14.6 Å². The molecule has 1 unspecified atom stereocenters. The molecule has 0 saturated carbocycles. The van der Waals surface area contributed by atoms with E-state index in [-0.39, 0.29) is 12.3 Å². The van der Waals surface area contributed by atoms with Gasteiger partial charge in [-0.05, 0) is 26.2 Å². The number of aliphatic carboxylic acids is 1. The monoisotopic (exact) mass is 274 g/mol. The summed E-state index contributed by atoms with van der Waals surface area (Å²) >= 11 is 0. The van der Waals surface area contributed by atoms with E-state index in [1.165, 1.54) is 0 Å². The number of hydrogen-bond acceptors (Lipinski definition) is 5. The van der Waals surface area contributed by atoms with Crippen LogP contribution in [0.15, 0.2) is 0 Å². The second kappa shape index (κ2) is 7.76. The fourth-order valence-corrected chi connectivity index (χ4v) is 1.63. The van der Waals surface area contributed by atoms with Gasteiger partial charge in [-0.1, -0.05) is 13.8 Å². The first-order valence-electron chi connectivity index (χ1n) is 6.25. The Labute approximate surface area is 113 Å². The van der Waals surface area contributed by atoms with Gasteiger partial charge in [-0.15, -0.1) is 0 Å². The van der Waals surface area contributed by atoms with Crippen molar-refractivity contribution < 1.29 is 29.0 Å². The molecule has 0 bridgehead atoms. The maximum atomic E-state index is 11.9. The lowest BCUT2D eigenvalue weighted by Crippen LogP contribution is -2.41. The molecule has 0 aromatic rings. The molecule has 0 radical (unpaired) electrons. The number of carbonyl (C=O) groups is 3. The van der Waals surface area contributed by atoms with Crippen LogP contribution in [0.1, 0.15) is 41.0 Å². The Kier molecular flexibility index (Phi) is 7.11. The lowest BCUT2D eigenvalue weighted by Gasteiger charge is -2.24. The molecule has 0 amide bonds. The highest BCUT2D eigenvalue weighted by atomic mass is 16.6. The fourth-order valence-electron chi connectivity index (χ4n) is 1.63. The number of carbonyl (C=O) groups excluding carboxylic acids is 2. The summed E-state index contributed by atoms with van der Waals surface area (Å²) in [6.45, 7) is 8.06. The molecule has 1 N–H and O–H groups in total. The quantitative estimate of drug-likeness (QED) is 0.709. The van der Waals surface area contributed by atoms with Crippen molar-refractivity contribution in [1.82, 2.24) is 0 Å². The van der Waals surface area contributed by atoms with Gasteiger partial charge in [-0.25, -0.2) is 4.79 Å². The van der Waals surface area contributed by atoms with Crippen LogP contribution in [0, 0.1) is 11.8 Å². The summed E-state index contributed by atoms with van der Waals surface area (Å²) in [7, 11) is 0. The van der Waals surface area contributed by atoms with E-state index in [2.05, 4.69) is 0 Å². The first-order valence-corrected chi connectivity index (χ1v) is 6.25. The Hall–Kier alpha value is -1.59. The maximum absolute atomic E-state index is 11.9. The minimum absolute atomic E-state index is 0.0472. The Balaban J connectivity index is 5.10. The third-order valence-electron chi connectivity index (χ3n) is 2.29. The van der Waals surface area contributed by atoms with Crippen LogP contribution in [0.3, 0.4) is 0 Å². The predicted molar refractivity (Wildman–Crippen MR) is 67.4 cm³/mol. The number of carboxylic acids is 1. The van der Waals surface area contributed by atoms with Crippen LogP contribution >= 0.6 is 0 Å². The number of rotatable bonds is 7. The average Bonchev–Trinajstić information content (AvgIpc) is 2.20. The van der Waals surface area contributed by atoms with Gasteiger partial charge in [-0.3, -0.25) is 9.59 Å². The minimum atomic E-state index is -1.40. The molecule has 0 aromatic carbocycles. The van der Waals surface area contributed by atoms with Gasteiger partial charge in [0.2, 0.25) is 6.10 Å². The SMILES string of the molecule is CC(=O)O[C@@H](C(=O)OC(C)C)C(CC(C)C)C(=O)O. The lowest BCUT2D eigenvalue weighted by atomic mass is 9.92. The van der Waals surface area contributed by atoms with Gasteiger partial charge in [0.1, 0.15) is 5.92 Å². The molecule has 110 valence electrons. The van der Waals surface area contributed by atoms with Crippen molar-refractivity contribution >= 4 is 17.9 Å². The van der Waals surface area contributed by atoms with Crippen LogP contribution < -0.4 is 0 Å². The highest BCUT2D eigenvalue weighted by Gasteiger charge is 2.38. The summed E-state index contributed by atoms with van der Waals surface area (Å²) in [6.07, 6.45) is -1.58. The summed E-state index contributed by atoms with van der Waals surface area (Å²) in [5.74, 6) is -3.76. The molecule has 0 aromatic heterocycles. The first kappa shape index (κ1) is 17.4. The highest BCUT2D eigenvalue weighted by molar-refractivity contribution is 5.85. The molecule has 6 nitrogen and oxygen atoms in total. The molecular formula is C13H22O6. The molecular weight excluding hydrogens is 252 g/mol. The van der Waals surface area contributed by atoms with E-state index < -0.39 is 36.0 Å². The molecule has 0 fully saturated rings. The zero-order chi connectivity index (χ0) is 15.2. The summed E-state index contributed by atoms with van der Waals surface area (Å²) < 4.78 is 9.79. The van der Waals surface area contributed by atoms with Crippen molar-refractivity contribution in [3.8, 4) is 0 Å². The van der Waals surface area contributed by atoms with Crippen molar-refractivity contribution in [2.75, 3.05) is 0 Å². The van der Waals surface area contributed by atoms with Gasteiger partial charge in [0.05, 0.1) is 6.10 Å². The van der Waals surface area contributed by atoms with Gasteiger partial charge >= 0.3 is 17.9 Å².